The minimum Gasteiger partial charge on any atom is -0.507 e. The van der Waals surface area contributed by atoms with Crippen LogP contribution < -0.4 is 5.32 Å². The zero-order valence-electron chi connectivity index (χ0n) is 9.82. The summed E-state index contributed by atoms with van der Waals surface area (Å²) in [6.45, 7) is 0.573. The number of halogens is 2. The molecule has 5 heteroatoms. The van der Waals surface area contributed by atoms with E-state index in [-0.39, 0.29) is 5.75 Å². The molecule has 19 heavy (non-hydrogen) atoms. The van der Waals surface area contributed by atoms with E-state index >= 15 is 0 Å². The topological polar surface area (TPSA) is 56.0 Å². The molecule has 96 valence electrons. The molecule has 3 nitrogen and oxygen atoms in total. The van der Waals surface area contributed by atoms with E-state index in [0.29, 0.717) is 16.6 Å². The maximum atomic E-state index is 9.43. The van der Waals surface area contributed by atoms with Crippen molar-refractivity contribution in [3.05, 3.63) is 56.5 Å². The van der Waals surface area contributed by atoms with Gasteiger partial charge in [-0.2, -0.15) is 5.26 Å². The average Bonchev–Trinajstić information content (AvgIpc) is 2.40. The molecular weight excluding hydrogens is 372 g/mol. The molecule has 0 bridgehead atoms. The van der Waals surface area contributed by atoms with Crippen LogP contribution in [0.3, 0.4) is 0 Å². The van der Waals surface area contributed by atoms with Gasteiger partial charge in [0.2, 0.25) is 0 Å². The van der Waals surface area contributed by atoms with Gasteiger partial charge in [-0.15, -0.1) is 0 Å². The van der Waals surface area contributed by atoms with Crippen molar-refractivity contribution in [1.82, 2.24) is 0 Å². The lowest BCUT2D eigenvalue weighted by molar-refractivity contribution is 0.471. The standard InChI is InChI=1S/C14H10Br2N2O/c15-11-3-2-10(7-17)13(6-11)18-8-9-1-4-14(19)12(16)5-9/h1-6,18-19H,8H2. The molecule has 0 aromatic heterocycles. The van der Waals surface area contributed by atoms with E-state index < -0.39 is 0 Å². The first-order valence-corrected chi connectivity index (χ1v) is 7.09. The Labute approximate surface area is 128 Å². The Balaban J connectivity index is 2.16. The second kappa shape index (κ2) is 6.09. The first-order chi connectivity index (χ1) is 9.10. The summed E-state index contributed by atoms with van der Waals surface area (Å²) < 4.78 is 1.57. The van der Waals surface area contributed by atoms with Gasteiger partial charge in [0, 0.05) is 11.0 Å². The highest BCUT2D eigenvalue weighted by molar-refractivity contribution is 9.10. The zero-order chi connectivity index (χ0) is 13.8. The number of anilines is 1. The lowest BCUT2D eigenvalue weighted by Gasteiger charge is -2.09. The van der Waals surface area contributed by atoms with Gasteiger partial charge in [0.1, 0.15) is 11.8 Å². The summed E-state index contributed by atoms with van der Waals surface area (Å²) in [7, 11) is 0. The molecule has 0 aliphatic carbocycles. The molecule has 0 spiro atoms. The van der Waals surface area contributed by atoms with E-state index in [2.05, 4.69) is 43.2 Å². The number of hydrogen-bond acceptors (Lipinski definition) is 3. The van der Waals surface area contributed by atoms with Crippen molar-refractivity contribution >= 4 is 37.5 Å². The van der Waals surface area contributed by atoms with Crippen LogP contribution in [-0.4, -0.2) is 5.11 Å². The van der Waals surface area contributed by atoms with Crippen molar-refractivity contribution < 1.29 is 5.11 Å². The van der Waals surface area contributed by atoms with Gasteiger partial charge < -0.3 is 10.4 Å². The zero-order valence-corrected chi connectivity index (χ0v) is 13.0. The summed E-state index contributed by atoms with van der Waals surface area (Å²) >= 11 is 6.66. The van der Waals surface area contributed by atoms with Crippen LogP contribution in [0.4, 0.5) is 5.69 Å². The Bertz CT molecular complexity index is 650. The number of rotatable bonds is 3. The van der Waals surface area contributed by atoms with Crippen molar-refractivity contribution in [1.29, 1.82) is 5.26 Å². The first-order valence-electron chi connectivity index (χ1n) is 5.51. The van der Waals surface area contributed by atoms with Gasteiger partial charge >= 0.3 is 0 Å². The van der Waals surface area contributed by atoms with E-state index in [4.69, 9.17) is 5.26 Å². The van der Waals surface area contributed by atoms with Crippen molar-refractivity contribution in [2.24, 2.45) is 0 Å². The van der Waals surface area contributed by atoms with E-state index in [1.54, 1.807) is 12.1 Å². The van der Waals surface area contributed by atoms with Crippen molar-refractivity contribution in [2.45, 2.75) is 6.54 Å². The smallest absolute Gasteiger partial charge is 0.129 e. The Hall–Kier alpha value is -1.51. The Morgan fingerprint density at radius 1 is 1.16 bits per heavy atom. The average molecular weight is 382 g/mol. The molecule has 0 fully saturated rings. The van der Waals surface area contributed by atoms with Gasteiger partial charge in [-0.3, -0.25) is 0 Å². The number of benzene rings is 2. The van der Waals surface area contributed by atoms with Crippen LogP contribution in [0.15, 0.2) is 45.3 Å². The van der Waals surface area contributed by atoms with Gasteiger partial charge in [-0.25, -0.2) is 0 Å². The van der Waals surface area contributed by atoms with E-state index in [9.17, 15) is 5.11 Å². The van der Waals surface area contributed by atoms with Gasteiger partial charge in [0.25, 0.3) is 0 Å². The van der Waals surface area contributed by atoms with Gasteiger partial charge in [0.05, 0.1) is 15.7 Å². The maximum Gasteiger partial charge on any atom is 0.129 e. The minimum atomic E-state index is 0.212. The van der Waals surface area contributed by atoms with Gasteiger partial charge in [0.15, 0.2) is 0 Å². The van der Waals surface area contributed by atoms with Gasteiger partial charge in [-0.1, -0.05) is 22.0 Å². The van der Waals surface area contributed by atoms with Crippen molar-refractivity contribution in [3.8, 4) is 11.8 Å². The molecule has 2 N–H and O–H groups in total. The Morgan fingerprint density at radius 2 is 1.95 bits per heavy atom. The van der Waals surface area contributed by atoms with Crippen LogP contribution in [-0.2, 0) is 6.54 Å². The maximum absolute atomic E-state index is 9.43. The van der Waals surface area contributed by atoms with Crippen molar-refractivity contribution in [2.75, 3.05) is 5.32 Å². The summed E-state index contributed by atoms with van der Waals surface area (Å²) in [6, 6.07) is 12.9. The molecule has 2 rings (SSSR count). The predicted octanol–water partition coefficient (Wildman–Crippen LogP) is 4.40. The largest absolute Gasteiger partial charge is 0.507 e. The van der Waals surface area contributed by atoms with Crippen LogP contribution in [0.1, 0.15) is 11.1 Å². The minimum absolute atomic E-state index is 0.212. The number of nitrogens with zero attached hydrogens (tertiary/aromatic N) is 1. The molecule has 0 amide bonds. The third-order valence-corrected chi connectivity index (χ3v) is 3.73. The second-order valence-electron chi connectivity index (χ2n) is 3.94. The summed E-state index contributed by atoms with van der Waals surface area (Å²) in [4.78, 5) is 0. The lowest BCUT2D eigenvalue weighted by Crippen LogP contribution is -2.01. The molecule has 2 aromatic carbocycles. The number of aromatic hydroxyl groups is 1. The first kappa shape index (κ1) is 13.9. The van der Waals surface area contributed by atoms with E-state index in [1.807, 2.05) is 24.3 Å². The van der Waals surface area contributed by atoms with Crippen LogP contribution in [0.2, 0.25) is 0 Å². The number of nitrogens with one attached hydrogen (secondary N) is 1. The fraction of sp³-hybridized carbons (Fsp3) is 0.0714. The molecule has 0 saturated carbocycles. The van der Waals surface area contributed by atoms with E-state index in [1.165, 1.54) is 0 Å². The van der Waals surface area contributed by atoms with Crippen LogP contribution in [0.5, 0.6) is 5.75 Å². The number of phenols is 1. The highest BCUT2D eigenvalue weighted by Crippen LogP contribution is 2.25. The molecule has 0 aliphatic heterocycles. The third-order valence-electron chi connectivity index (χ3n) is 2.60. The van der Waals surface area contributed by atoms with E-state index in [0.717, 1.165) is 15.7 Å². The third kappa shape index (κ3) is 3.49. The molecule has 0 heterocycles. The molecule has 0 radical (unpaired) electrons. The highest BCUT2D eigenvalue weighted by Gasteiger charge is 2.04. The normalized spacial score (nSPS) is 9.95. The van der Waals surface area contributed by atoms with Gasteiger partial charge in [-0.05, 0) is 51.8 Å². The number of nitriles is 1. The second-order valence-corrected chi connectivity index (χ2v) is 5.71. The number of phenolic OH excluding ortho intramolecular Hbond substituents is 1. The Kier molecular flexibility index (Phi) is 4.46. The highest BCUT2D eigenvalue weighted by atomic mass is 79.9. The fourth-order valence-electron chi connectivity index (χ4n) is 1.62. The lowest BCUT2D eigenvalue weighted by atomic mass is 10.1. The summed E-state index contributed by atoms with van der Waals surface area (Å²) in [6.07, 6.45) is 0. The monoisotopic (exact) mass is 380 g/mol. The van der Waals surface area contributed by atoms with Crippen LogP contribution in [0, 0.1) is 11.3 Å². The molecule has 0 aliphatic rings. The van der Waals surface area contributed by atoms with Crippen LogP contribution in [0.25, 0.3) is 0 Å². The molecule has 0 atom stereocenters. The summed E-state index contributed by atoms with van der Waals surface area (Å²) in [5, 5.41) is 21.7. The molecular formula is C14H10Br2N2O. The quantitative estimate of drug-likeness (QED) is 0.828. The van der Waals surface area contributed by atoms with Crippen LogP contribution >= 0.6 is 31.9 Å². The predicted molar refractivity (Wildman–Crippen MR) is 82.0 cm³/mol. The molecule has 0 saturated heterocycles. The summed E-state index contributed by atoms with van der Waals surface area (Å²) in [5.41, 5.74) is 2.38. The summed E-state index contributed by atoms with van der Waals surface area (Å²) in [5.74, 6) is 0.212. The number of hydrogen-bond donors (Lipinski definition) is 2. The SMILES string of the molecule is N#Cc1ccc(Br)cc1NCc1ccc(O)c(Br)c1. The Morgan fingerprint density at radius 3 is 2.63 bits per heavy atom. The molecule has 2 aromatic rings. The fourth-order valence-corrected chi connectivity index (χ4v) is 2.41. The van der Waals surface area contributed by atoms with Crippen molar-refractivity contribution in [3.63, 3.8) is 0 Å². The molecule has 0 unspecified atom stereocenters.